The second-order valence-corrected chi connectivity index (χ2v) is 4.07. The van der Waals surface area contributed by atoms with Crippen molar-refractivity contribution in [2.24, 2.45) is 0 Å². The second-order valence-electron chi connectivity index (χ2n) is 4.07. The fourth-order valence-electron chi connectivity index (χ4n) is 1.52. The minimum absolute atomic E-state index is 0. The third kappa shape index (κ3) is 30.2. The van der Waals surface area contributed by atoms with Crippen LogP contribution in [0.3, 0.4) is 0 Å². The summed E-state index contributed by atoms with van der Waals surface area (Å²) in [4.78, 5) is 0. The van der Waals surface area contributed by atoms with E-state index >= 15 is 0 Å². The van der Waals surface area contributed by atoms with Gasteiger partial charge in [-0.3, -0.25) is 0 Å². The van der Waals surface area contributed by atoms with Crippen LogP contribution in [-0.4, -0.2) is 10.2 Å². The molecule has 0 saturated heterocycles. The maximum absolute atomic E-state index is 9.20. The average molecular weight is 533 g/mol. The summed E-state index contributed by atoms with van der Waals surface area (Å²) in [5.74, 6) is 1.09. The molecule has 0 amide bonds. The van der Waals surface area contributed by atoms with Gasteiger partial charge in [0.1, 0.15) is 0 Å². The first-order valence-electron chi connectivity index (χ1n) is 7.27. The number of hydrogen-bond donors (Lipinski definition) is 2. The zero-order chi connectivity index (χ0) is 15.8. The fourth-order valence-corrected chi connectivity index (χ4v) is 1.52. The molecule has 7 heteroatoms. The zero-order valence-corrected chi connectivity index (χ0v) is 22.5. The Labute approximate surface area is 214 Å². The summed E-state index contributed by atoms with van der Waals surface area (Å²) < 4.78 is 0. The van der Waals surface area contributed by atoms with Crippen LogP contribution in [-0.2, 0) is 92.8 Å². The minimum Gasteiger partial charge on any atom is -0.512 e. The molecule has 5 radical (unpaired) electrons. The molecule has 0 bridgehead atoms. The predicted octanol–water partition coefficient (Wildman–Crippen LogP) is 6.15. The van der Waals surface area contributed by atoms with Gasteiger partial charge in [0.25, 0.3) is 0 Å². The molecule has 2 nitrogen and oxygen atoms in total. The smallest absolute Gasteiger partial charge is 0.0925 e. The van der Waals surface area contributed by atoms with E-state index < -0.39 is 0 Å². The van der Waals surface area contributed by atoms with Crippen LogP contribution in [0.5, 0.6) is 0 Å². The topological polar surface area (TPSA) is 40.5 Å². The van der Waals surface area contributed by atoms with Crippen LogP contribution >= 0.6 is 0 Å². The van der Waals surface area contributed by atoms with E-state index in [1.54, 1.807) is 6.08 Å². The fraction of sp³-hybridized carbons (Fsp3) is 0.444. The average Bonchev–Trinajstić information content (AvgIpc) is 2.70. The molecule has 0 aromatic rings. The van der Waals surface area contributed by atoms with Crippen LogP contribution in [0.1, 0.15) is 52.9 Å². The molecule has 0 atom stereocenters. The predicted molar refractivity (Wildman–Crippen MR) is 90.0 cm³/mol. The van der Waals surface area contributed by atoms with Gasteiger partial charge in [-0.15, -0.1) is 13.2 Å². The number of hydrogen-bond acceptors (Lipinski definition) is 2. The Kier molecular flexibility index (Phi) is 65.3. The Balaban J connectivity index is -0.0000000374. The number of allylic oxidation sites excluding steroid dienone is 8. The van der Waals surface area contributed by atoms with E-state index in [0.29, 0.717) is 11.5 Å². The summed E-state index contributed by atoms with van der Waals surface area (Å²) >= 11 is 0. The van der Waals surface area contributed by atoms with Crippen LogP contribution in [0, 0.1) is 0 Å². The SMILES string of the molecule is C=C.CC.CC1=C(O)CCC=CC1.OC1=CC=CCC1.[V].[V].[V].[V].[V]. The Hall–Kier alpha value is 1.22. The quantitative estimate of drug-likeness (QED) is 0.367. The molecule has 0 fully saturated rings. The van der Waals surface area contributed by atoms with Crippen LogP contribution in [0.2, 0.25) is 0 Å². The van der Waals surface area contributed by atoms with Crippen molar-refractivity contribution in [3.8, 4) is 0 Å². The van der Waals surface area contributed by atoms with Gasteiger partial charge in [-0.2, -0.15) is 0 Å². The molecule has 2 aliphatic rings. The van der Waals surface area contributed by atoms with Gasteiger partial charge in [-0.1, -0.05) is 38.2 Å². The molecule has 0 heterocycles. The van der Waals surface area contributed by atoms with E-state index in [4.69, 9.17) is 5.11 Å². The van der Waals surface area contributed by atoms with Gasteiger partial charge in [0.05, 0.1) is 11.5 Å². The van der Waals surface area contributed by atoms with Gasteiger partial charge in [0, 0.05) is 106 Å². The van der Waals surface area contributed by atoms with E-state index in [1.807, 2.05) is 32.9 Å². The molecule has 0 saturated carbocycles. The number of aliphatic hydroxyl groups excluding tert-OH is 2. The molecule has 2 rings (SSSR count). The molecule has 0 aliphatic heterocycles. The van der Waals surface area contributed by atoms with Gasteiger partial charge in [0.15, 0.2) is 0 Å². The van der Waals surface area contributed by atoms with Gasteiger partial charge >= 0.3 is 0 Å². The van der Waals surface area contributed by atoms with Crippen LogP contribution in [0.4, 0.5) is 0 Å². The molecule has 0 aromatic carbocycles. The normalized spacial score (nSPS) is 13.0. The number of rotatable bonds is 0. The Morgan fingerprint density at radius 1 is 0.800 bits per heavy atom. The maximum atomic E-state index is 9.20. The Morgan fingerprint density at radius 3 is 1.64 bits per heavy atom. The van der Waals surface area contributed by atoms with Gasteiger partial charge < -0.3 is 10.2 Å². The van der Waals surface area contributed by atoms with Crippen molar-refractivity contribution in [3.05, 3.63) is 60.6 Å². The summed E-state index contributed by atoms with van der Waals surface area (Å²) in [6.45, 7) is 12.0. The van der Waals surface area contributed by atoms with Gasteiger partial charge in [0.2, 0.25) is 0 Å². The van der Waals surface area contributed by atoms with E-state index in [9.17, 15) is 5.11 Å². The molecule has 2 aliphatic carbocycles. The van der Waals surface area contributed by atoms with Gasteiger partial charge in [-0.05, 0) is 37.8 Å². The first-order valence-corrected chi connectivity index (χ1v) is 7.27. The van der Waals surface area contributed by atoms with E-state index in [2.05, 4.69) is 25.3 Å². The van der Waals surface area contributed by atoms with E-state index in [0.717, 1.165) is 37.7 Å². The zero-order valence-electron chi connectivity index (χ0n) is 15.5. The monoisotopic (exact) mass is 533 g/mol. The third-order valence-electron chi connectivity index (χ3n) is 2.62. The summed E-state index contributed by atoms with van der Waals surface area (Å²) in [6.07, 6.45) is 14.4. The third-order valence-corrected chi connectivity index (χ3v) is 2.62. The summed E-state index contributed by atoms with van der Waals surface area (Å²) in [6, 6.07) is 0. The van der Waals surface area contributed by atoms with Crippen molar-refractivity contribution in [1.82, 2.24) is 0 Å². The minimum atomic E-state index is 0. The molecule has 139 valence electrons. The molecule has 0 aromatic heterocycles. The molecule has 0 unspecified atom stereocenters. The van der Waals surface area contributed by atoms with Gasteiger partial charge in [-0.25, -0.2) is 0 Å². The van der Waals surface area contributed by atoms with Crippen molar-refractivity contribution >= 4 is 0 Å². The van der Waals surface area contributed by atoms with Crippen LogP contribution < -0.4 is 0 Å². The summed E-state index contributed by atoms with van der Waals surface area (Å²) in [7, 11) is 0. The maximum Gasteiger partial charge on any atom is 0.0925 e. The van der Waals surface area contributed by atoms with Crippen molar-refractivity contribution in [2.75, 3.05) is 0 Å². The van der Waals surface area contributed by atoms with Crippen molar-refractivity contribution in [1.29, 1.82) is 0 Å². The standard InChI is InChI=1S/C8H12O.C6H8O.C2H6.C2H4.5V/c1-7-5-3-2-4-6-8(7)9;7-6-4-2-1-3-5-6;2*1-2;;;;;/h2-3,9H,4-6H2,1H3;1-2,4,7H,3,5H2;1-2H3;1-2H2;;;;;. The number of aliphatic hydroxyl groups is 2. The van der Waals surface area contributed by atoms with Crippen LogP contribution in [0.25, 0.3) is 0 Å². The summed E-state index contributed by atoms with van der Waals surface area (Å²) in [5.41, 5.74) is 1.11. The van der Waals surface area contributed by atoms with E-state index in [-0.39, 0.29) is 92.8 Å². The van der Waals surface area contributed by atoms with E-state index in [1.165, 1.54) is 0 Å². The second kappa shape index (κ2) is 36.2. The van der Waals surface area contributed by atoms with Crippen molar-refractivity contribution < 1.29 is 103 Å². The summed E-state index contributed by atoms with van der Waals surface area (Å²) in [5, 5.41) is 17.9. The van der Waals surface area contributed by atoms with Crippen LogP contribution in [0.15, 0.2) is 60.6 Å². The molecular weight excluding hydrogens is 503 g/mol. The van der Waals surface area contributed by atoms with Crippen molar-refractivity contribution in [2.45, 2.75) is 52.9 Å². The van der Waals surface area contributed by atoms with Crippen molar-refractivity contribution in [3.63, 3.8) is 0 Å². The molecule has 25 heavy (non-hydrogen) atoms. The first kappa shape index (κ1) is 45.1. The Morgan fingerprint density at radius 2 is 1.28 bits per heavy atom. The molecule has 0 spiro atoms. The molecular formula is C18H30O2V5. The Bertz CT molecular complexity index is 364. The largest absolute Gasteiger partial charge is 0.512 e. The molecule has 2 N–H and O–H groups in total. The first-order chi connectivity index (χ1) is 9.70.